The van der Waals surface area contributed by atoms with Gasteiger partial charge >= 0.3 is 5.69 Å². The first-order valence-corrected chi connectivity index (χ1v) is 9.31. The summed E-state index contributed by atoms with van der Waals surface area (Å²) in [5.74, 6) is -1.82. The van der Waals surface area contributed by atoms with Gasteiger partial charge in [0.1, 0.15) is 5.69 Å². The van der Waals surface area contributed by atoms with Crippen molar-refractivity contribution in [2.45, 2.75) is 12.8 Å². The first kappa shape index (κ1) is 20.2. The van der Waals surface area contributed by atoms with Crippen LogP contribution in [0.15, 0.2) is 33.7 Å². The standard InChI is InChI=1S/C18H17BrFN3O5/c1-22-9-11(8-13(19)18(22)25)12-2-3-14(16(15(12)20)23(26)27)21-17(24)10-4-6-28-7-5-10/h2-3,8-10H,4-7H2,1H3,(H,21,24). The molecule has 8 nitrogen and oxygen atoms in total. The molecule has 0 spiro atoms. The molecule has 1 aliphatic rings. The lowest BCUT2D eigenvalue weighted by molar-refractivity contribution is -0.386. The normalized spacial score (nSPS) is 14.7. The van der Waals surface area contributed by atoms with E-state index in [1.54, 1.807) is 0 Å². The third kappa shape index (κ3) is 3.97. The molecule has 1 aromatic carbocycles. The van der Waals surface area contributed by atoms with E-state index >= 15 is 4.39 Å². The molecule has 1 aromatic heterocycles. The average Bonchev–Trinajstić information content (AvgIpc) is 2.66. The van der Waals surface area contributed by atoms with E-state index in [0.29, 0.717) is 26.1 Å². The van der Waals surface area contributed by atoms with E-state index in [4.69, 9.17) is 4.74 Å². The maximum absolute atomic E-state index is 15.0. The largest absolute Gasteiger partial charge is 0.381 e. The zero-order valence-electron chi connectivity index (χ0n) is 14.9. The lowest BCUT2D eigenvalue weighted by Crippen LogP contribution is -2.28. The van der Waals surface area contributed by atoms with Crippen molar-refractivity contribution in [2.24, 2.45) is 13.0 Å². The van der Waals surface area contributed by atoms with Crippen LogP contribution < -0.4 is 10.9 Å². The Labute approximate surface area is 167 Å². The van der Waals surface area contributed by atoms with Crippen molar-refractivity contribution in [1.82, 2.24) is 4.57 Å². The molecule has 2 aromatic rings. The third-order valence-electron chi connectivity index (χ3n) is 4.60. The van der Waals surface area contributed by atoms with Gasteiger partial charge in [0.05, 0.1) is 9.40 Å². The Hall–Kier alpha value is -2.59. The molecule has 0 radical (unpaired) electrons. The molecule has 28 heavy (non-hydrogen) atoms. The monoisotopic (exact) mass is 453 g/mol. The Kier molecular flexibility index (Phi) is 5.90. The van der Waals surface area contributed by atoms with Crippen molar-refractivity contribution in [3.63, 3.8) is 0 Å². The number of rotatable bonds is 4. The first-order valence-electron chi connectivity index (χ1n) is 8.51. The van der Waals surface area contributed by atoms with Crippen molar-refractivity contribution in [3.8, 4) is 11.1 Å². The number of hydrogen-bond acceptors (Lipinski definition) is 5. The Balaban J connectivity index is 2.00. The molecular weight excluding hydrogens is 437 g/mol. The summed E-state index contributed by atoms with van der Waals surface area (Å²) < 4.78 is 21.6. The number of amides is 1. The predicted octanol–water partition coefficient (Wildman–Crippen LogP) is 3.23. The van der Waals surface area contributed by atoms with Crippen molar-refractivity contribution in [2.75, 3.05) is 18.5 Å². The molecule has 0 aliphatic carbocycles. The molecular formula is C18H17BrFN3O5. The SMILES string of the molecule is Cn1cc(-c2ccc(NC(=O)C3CCOCC3)c([N+](=O)[O-])c2F)cc(Br)c1=O. The Morgan fingerprint density at radius 3 is 2.68 bits per heavy atom. The fraction of sp³-hybridized carbons (Fsp3) is 0.333. The summed E-state index contributed by atoms with van der Waals surface area (Å²) in [5.41, 5.74) is -1.10. The van der Waals surface area contributed by atoms with E-state index in [1.807, 2.05) is 0 Å². The highest BCUT2D eigenvalue weighted by Gasteiger charge is 2.28. The van der Waals surface area contributed by atoms with Gasteiger partial charge in [-0.25, -0.2) is 0 Å². The number of anilines is 1. The number of nitro benzene ring substituents is 1. The second-order valence-corrected chi connectivity index (χ2v) is 7.30. The number of nitro groups is 1. The molecule has 2 heterocycles. The number of nitrogens with one attached hydrogen (secondary N) is 1. The maximum atomic E-state index is 15.0. The fourth-order valence-electron chi connectivity index (χ4n) is 3.08. The maximum Gasteiger partial charge on any atom is 0.328 e. The van der Waals surface area contributed by atoms with Gasteiger partial charge < -0.3 is 14.6 Å². The number of benzene rings is 1. The summed E-state index contributed by atoms with van der Waals surface area (Å²) in [6.45, 7) is 0.879. The topological polar surface area (TPSA) is 103 Å². The number of halogens is 2. The summed E-state index contributed by atoms with van der Waals surface area (Å²) in [7, 11) is 1.49. The summed E-state index contributed by atoms with van der Waals surface area (Å²) in [6.07, 6.45) is 2.40. The molecule has 0 atom stereocenters. The average molecular weight is 454 g/mol. The molecule has 1 aliphatic heterocycles. The van der Waals surface area contributed by atoms with Crippen LogP contribution in [0.25, 0.3) is 11.1 Å². The van der Waals surface area contributed by atoms with Gasteiger partial charge in [-0.2, -0.15) is 4.39 Å². The molecule has 1 N–H and O–H groups in total. The number of hydrogen-bond donors (Lipinski definition) is 1. The lowest BCUT2D eigenvalue weighted by Gasteiger charge is -2.21. The van der Waals surface area contributed by atoms with Crippen molar-refractivity contribution >= 4 is 33.2 Å². The number of carbonyl (C=O) groups excluding carboxylic acids is 1. The minimum Gasteiger partial charge on any atom is -0.381 e. The quantitative estimate of drug-likeness (QED) is 0.565. The number of ether oxygens (including phenoxy) is 1. The summed E-state index contributed by atoms with van der Waals surface area (Å²) in [6, 6.07) is 4.03. The lowest BCUT2D eigenvalue weighted by atomic mass is 9.99. The number of nitrogens with zero attached hydrogens (tertiary/aromatic N) is 2. The van der Waals surface area contributed by atoms with E-state index in [0.717, 1.165) is 0 Å². The van der Waals surface area contributed by atoms with Crippen LogP contribution in [0.5, 0.6) is 0 Å². The highest BCUT2D eigenvalue weighted by Crippen LogP contribution is 2.36. The van der Waals surface area contributed by atoms with Crippen LogP contribution in [0.2, 0.25) is 0 Å². The van der Waals surface area contributed by atoms with Gasteiger partial charge in [0.15, 0.2) is 0 Å². The summed E-state index contributed by atoms with van der Waals surface area (Å²) >= 11 is 3.10. The van der Waals surface area contributed by atoms with Gasteiger partial charge in [-0.3, -0.25) is 19.7 Å². The van der Waals surface area contributed by atoms with Crippen molar-refractivity contribution < 1.29 is 18.8 Å². The van der Waals surface area contributed by atoms with Gasteiger partial charge in [0.25, 0.3) is 5.56 Å². The summed E-state index contributed by atoms with van der Waals surface area (Å²) in [5, 5.41) is 14.0. The van der Waals surface area contributed by atoms with Crippen LogP contribution in [-0.4, -0.2) is 28.6 Å². The van der Waals surface area contributed by atoms with E-state index in [1.165, 1.54) is 36.0 Å². The van der Waals surface area contributed by atoms with E-state index in [9.17, 15) is 19.7 Å². The Morgan fingerprint density at radius 1 is 1.39 bits per heavy atom. The smallest absolute Gasteiger partial charge is 0.328 e. The van der Waals surface area contributed by atoms with E-state index < -0.39 is 22.3 Å². The second kappa shape index (κ2) is 8.19. The molecule has 1 amide bonds. The fourth-order valence-corrected chi connectivity index (χ4v) is 3.61. The van der Waals surface area contributed by atoms with Crippen LogP contribution in [0, 0.1) is 21.8 Å². The predicted molar refractivity (Wildman–Crippen MR) is 104 cm³/mol. The molecule has 148 valence electrons. The molecule has 0 saturated carbocycles. The Morgan fingerprint density at radius 2 is 2.07 bits per heavy atom. The molecule has 1 saturated heterocycles. The number of aryl methyl sites for hydroxylation is 1. The van der Waals surface area contributed by atoms with E-state index in [2.05, 4.69) is 21.2 Å². The number of carbonyl (C=O) groups is 1. The molecule has 10 heteroatoms. The van der Waals surface area contributed by atoms with E-state index in [-0.39, 0.29) is 32.8 Å². The van der Waals surface area contributed by atoms with Gasteiger partial charge in [0.2, 0.25) is 11.7 Å². The van der Waals surface area contributed by atoms with Gasteiger partial charge in [-0.1, -0.05) is 0 Å². The molecule has 0 unspecified atom stereocenters. The third-order valence-corrected chi connectivity index (χ3v) is 5.17. The molecule has 3 rings (SSSR count). The minimum atomic E-state index is -1.08. The zero-order chi connectivity index (χ0) is 20.4. The highest BCUT2D eigenvalue weighted by molar-refractivity contribution is 9.10. The van der Waals surface area contributed by atoms with Crippen molar-refractivity contribution in [1.29, 1.82) is 0 Å². The van der Waals surface area contributed by atoms with Crippen LogP contribution in [0.4, 0.5) is 15.8 Å². The van der Waals surface area contributed by atoms with Gasteiger partial charge in [0, 0.05) is 43.5 Å². The van der Waals surface area contributed by atoms with Crippen LogP contribution >= 0.6 is 15.9 Å². The first-order chi connectivity index (χ1) is 13.3. The number of aromatic nitrogens is 1. The number of pyridine rings is 1. The van der Waals surface area contributed by atoms with Crippen LogP contribution in [-0.2, 0) is 16.6 Å². The van der Waals surface area contributed by atoms with Crippen molar-refractivity contribution in [3.05, 3.63) is 55.2 Å². The van der Waals surface area contributed by atoms with Crippen LogP contribution in [0.3, 0.4) is 0 Å². The molecule has 1 fully saturated rings. The zero-order valence-corrected chi connectivity index (χ0v) is 16.5. The van der Waals surface area contributed by atoms with Crippen LogP contribution in [0.1, 0.15) is 12.8 Å². The second-order valence-electron chi connectivity index (χ2n) is 6.45. The molecule has 0 bridgehead atoms. The van der Waals surface area contributed by atoms with Gasteiger partial charge in [-0.05, 0) is 47.0 Å². The minimum absolute atomic E-state index is 0.0490. The Bertz CT molecular complexity index is 975. The summed E-state index contributed by atoms with van der Waals surface area (Å²) in [4.78, 5) is 34.8. The highest BCUT2D eigenvalue weighted by atomic mass is 79.9. The van der Waals surface area contributed by atoms with Gasteiger partial charge in [-0.15, -0.1) is 0 Å².